The van der Waals surface area contributed by atoms with Crippen LogP contribution >= 0.6 is 24.0 Å². The van der Waals surface area contributed by atoms with E-state index in [1.165, 1.54) is 11.8 Å². The minimum absolute atomic E-state index is 0.119. The molecule has 0 N–H and O–H groups in total. The van der Waals surface area contributed by atoms with Crippen LogP contribution in [0.5, 0.6) is 23.0 Å². The fraction of sp³-hybridized carbons (Fsp3) is 0.120. The second kappa shape index (κ2) is 7.39. The number of rotatable bonds is 2. The minimum atomic E-state index is -0.343. The molecule has 1 amide bonds. The number of hydrogen-bond acceptors (Lipinski definition) is 6. The Kier molecular flexibility index (Phi) is 4.48. The number of ether oxygens (including phenoxy) is 3. The Bertz CT molecular complexity index is 1330. The van der Waals surface area contributed by atoms with Crippen LogP contribution in [0.2, 0.25) is 0 Å². The minimum Gasteiger partial charge on any atom is -0.456 e. The van der Waals surface area contributed by atoms with Crippen LogP contribution in [0.25, 0.3) is 6.08 Å². The second-order valence-corrected chi connectivity index (χ2v) is 9.38. The molecule has 1 fully saturated rings. The summed E-state index contributed by atoms with van der Waals surface area (Å²) in [6.07, 6.45) is 1.85. The van der Waals surface area contributed by atoms with Gasteiger partial charge in [0.25, 0.3) is 5.91 Å². The standard InChI is InChI=1S/C25H17NO4S2/c1-14-5-4-7-17-22(16-6-2-3-8-18(16)30-23(14)17)26-24(27)21(32-25(26)31)12-15-9-10-19-20(11-15)29-13-28-19/h2-12,22H,13H2,1H3/b21-12+/t22-/m1/s1. The molecular formula is C25H17NO4S2. The molecule has 0 bridgehead atoms. The van der Waals surface area contributed by atoms with Crippen molar-refractivity contribution < 1.29 is 19.0 Å². The summed E-state index contributed by atoms with van der Waals surface area (Å²) in [6, 6.07) is 19.1. The van der Waals surface area contributed by atoms with Crippen molar-refractivity contribution in [1.29, 1.82) is 0 Å². The number of nitrogens with zero attached hydrogens (tertiary/aromatic N) is 1. The van der Waals surface area contributed by atoms with E-state index in [4.69, 9.17) is 26.4 Å². The van der Waals surface area contributed by atoms with Crippen molar-refractivity contribution in [1.82, 2.24) is 4.90 Å². The first kappa shape index (κ1) is 19.4. The zero-order valence-electron chi connectivity index (χ0n) is 17.0. The molecule has 0 aromatic heterocycles. The van der Waals surface area contributed by atoms with Crippen LogP contribution in [0.15, 0.2) is 65.6 Å². The molecule has 0 aliphatic carbocycles. The third kappa shape index (κ3) is 3.00. The van der Waals surface area contributed by atoms with Crippen LogP contribution in [0.4, 0.5) is 0 Å². The SMILES string of the molecule is Cc1cccc2c1Oc1ccccc1[C@H]2N1C(=O)/C(=C\c2ccc3c(c2)OCO3)SC1=S. The highest BCUT2D eigenvalue weighted by atomic mass is 32.2. The highest BCUT2D eigenvalue weighted by Crippen LogP contribution is 2.50. The Balaban J connectivity index is 1.42. The topological polar surface area (TPSA) is 48.0 Å². The number of carbonyl (C=O) groups excluding carboxylic acids is 1. The maximum absolute atomic E-state index is 13.6. The Hall–Kier alpha value is -3.29. The summed E-state index contributed by atoms with van der Waals surface area (Å²) < 4.78 is 17.6. The summed E-state index contributed by atoms with van der Waals surface area (Å²) >= 11 is 7.02. The lowest BCUT2D eigenvalue weighted by molar-refractivity contribution is -0.123. The van der Waals surface area contributed by atoms with Gasteiger partial charge in [-0.1, -0.05) is 66.4 Å². The van der Waals surface area contributed by atoms with Crippen molar-refractivity contribution >= 4 is 40.3 Å². The number of thioether (sulfide) groups is 1. The first-order chi connectivity index (χ1) is 15.6. The van der Waals surface area contributed by atoms with Crippen LogP contribution in [-0.4, -0.2) is 21.9 Å². The van der Waals surface area contributed by atoms with Crippen LogP contribution in [-0.2, 0) is 4.79 Å². The van der Waals surface area contributed by atoms with Gasteiger partial charge >= 0.3 is 0 Å². The summed E-state index contributed by atoms with van der Waals surface area (Å²) in [6.45, 7) is 2.22. The molecule has 6 rings (SSSR count). The third-order valence-corrected chi connectivity index (χ3v) is 7.07. The Morgan fingerprint density at radius 2 is 1.81 bits per heavy atom. The smallest absolute Gasteiger partial charge is 0.267 e. The molecule has 7 heteroatoms. The third-order valence-electron chi connectivity index (χ3n) is 5.74. The maximum atomic E-state index is 13.6. The van der Waals surface area contributed by atoms with Gasteiger partial charge in [-0.2, -0.15) is 0 Å². The largest absolute Gasteiger partial charge is 0.456 e. The number of benzene rings is 3. The summed E-state index contributed by atoms with van der Waals surface area (Å²) in [7, 11) is 0. The highest BCUT2D eigenvalue weighted by molar-refractivity contribution is 8.26. The zero-order chi connectivity index (χ0) is 21.8. The van der Waals surface area contributed by atoms with Gasteiger partial charge in [-0.25, -0.2) is 0 Å². The Morgan fingerprint density at radius 3 is 2.72 bits per heavy atom. The first-order valence-electron chi connectivity index (χ1n) is 10.1. The van der Waals surface area contributed by atoms with Crippen molar-refractivity contribution in [3.63, 3.8) is 0 Å². The number of para-hydroxylation sites is 2. The van der Waals surface area contributed by atoms with Crippen LogP contribution in [0.3, 0.4) is 0 Å². The van der Waals surface area contributed by atoms with Gasteiger partial charge in [-0.05, 0) is 42.3 Å². The molecular weight excluding hydrogens is 442 g/mol. The van der Waals surface area contributed by atoms with Gasteiger partial charge in [0, 0.05) is 11.1 Å². The molecule has 1 atom stereocenters. The van der Waals surface area contributed by atoms with Gasteiger partial charge in [0.05, 0.1) is 10.9 Å². The molecule has 158 valence electrons. The second-order valence-electron chi connectivity index (χ2n) is 7.70. The number of amides is 1. The lowest BCUT2D eigenvalue weighted by Gasteiger charge is -2.34. The van der Waals surface area contributed by atoms with Crippen molar-refractivity contribution in [2.75, 3.05) is 6.79 Å². The molecule has 32 heavy (non-hydrogen) atoms. The number of fused-ring (bicyclic) bond motifs is 3. The lowest BCUT2D eigenvalue weighted by Crippen LogP contribution is -2.35. The average molecular weight is 460 g/mol. The van der Waals surface area contributed by atoms with Crippen molar-refractivity contribution in [2.24, 2.45) is 0 Å². The molecule has 3 aliphatic rings. The number of carbonyl (C=O) groups is 1. The zero-order valence-corrected chi connectivity index (χ0v) is 18.7. The van der Waals surface area contributed by atoms with Gasteiger partial charge in [-0.15, -0.1) is 0 Å². The fourth-order valence-electron chi connectivity index (χ4n) is 4.24. The van der Waals surface area contributed by atoms with Gasteiger partial charge in [0.2, 0.25) is 6.79 Å². The first-order valence-corrected chi connectivity index (χ1v) is 11.4. The maximum Gasteiger partial charge on any atom is 0.267 e. The molecule has 0 spiro atoms. The van der Waals surface area contributed by atoms with Crippen LogP contribution < -0.4 is 14.2 Å². The molecule has 3 aromatic carbocycles. The van der Waals surface area contributed by atoms with Crippen LogP contribution in [0.1, 0.15) is 28.3 Å². The Morgan fingerprint density at radius 1 is 1.00 bits per heavy atom. The number of thiocarbonyl (C=S) groups is 1. The molecule has 0 radical (unpaired) electrons. The van der Waals surface area contributed by atoms with Crippen molar-refractivity contribution in [3.8, 4) is 23.0 Å². The quantitative estimate of drug-likeness (QED) is 0.356. The molecule has 3 aliphatic heterocycles. The highest BCUT2D eigenvalue weighted by Gasteiger charge is 2.42. The van der Waals surface area contributed by atoms with E-state index in [1.807, 2.05) is 73.7 Å². The van der Waals surface area contributed by atoms with Crippen LogP contribution in [0, 0.1) is 6.92 Å². The van der Waals surface area contributed by atoms with E-state index < -0.39 is 0 Å². The van der Waals surface area contributed by atoms with Crippen molar-refractivity contribution in [2.45, 2.75) is 13.0 Å². The van der Waals surface area contributed by atoms with Crippen molar-refractivity contribution in [3.05, 3.63) is 87.8 Å². The van der Waals surface area contributed by atoms with E-state index in [0.29, 0.717) is 20.7 Å². The monoisotopic (exact) mass is 459 g/mol. The fourth-order valence-corrected chi connectivity index (χ4v) is 5.55. The number of hydrogen-bond donors (Lipinski definition) is 0. The Labute approximate surface area is 194 Å². The van der Waals surface area contributed by atoms with E-state index in [1.54, 1.807) is 4.90 Å². The van der Waals surface area contributed by atoms with E-state index >= 15 is 0 Å². The van der Waals surface area contributed by atoms with E-state index in [9.17, 15) is 4.79 Å². The van der Waals surface area contributed by atoms with Gasteiger partial charge < -0.3 is 14.2 Å². The molecule has 1 saturated heterocycles. The van der Waals surface area contributed by atoms with Gasteiger partial charge in [0.15, 0.2) is 11.5 Å². The predicted octanol–water partition coefficient (Wildman–Crippen LogP) is 5.82. The summed E-state index contributed by atoms with van der Waals surface area (Å²) in [4.78, 5) is 15.9. The molecule has 0 unspecified atom stereocenters. The predicted molar refractivity (Wildman–Crippen MR) is 127 cm³/mol. The molecule has 3 aromatic rings. The van der Waals surface area contributed by atoms with Gasteiger partial charge in [0.1, 0.15) is 15.8 Å². The van der Waals surface area contributed by atoms with E-state index in [2.05, 4.69) is 0 Å². The molecule has 0 saturated carbocycles. The van der Waals surface area contributed by atoms with Gasteiger partial charge in [-0.3, -0.25) is 9.69 Å². The molecule has 3 heterocycles. The summed E-state index contributed by atoms with van der Waals surface area (Å²) in [5.74, 6) is 2.79. The van der Waals surface area contributed by atoms with E-state index in [0.717, 1.165) is 33.8 Å². The summed E-state index contributed by atoms with van der Waals surface area (Å²) in [5, 5.41) is 0. The normalized spacial score (nSPS) is 19.7. The lowest BCUT2D eigenvalue weighted by atomic mass is 9.92. The van der Waals surface area contributed by atoms with E-state index in [-0.39, 0.29) is 18.7 Å². The number of aryl methyl sites for hydroxylation is 1. The molecule has 5 nitrogen and oxygen atoms in total. The summed E-state index contributed by atoms with van der Waals surface area (Å²) in [5.41, 5.74) is 3.73. The average Bonchev–Trinajstić information content (AvgIpc) is 3.37.